The molecule has 3 rings (SSSR count). The van der Waals surface area contributed by atoms with Crippen molar-refractivity contribution in [1.29, 1.82) is 0 Å². The van der Waals surface area contributed by atoms with Gasteiger partial charge in [0.25, 0.3) is 0 Å². The molecular formula is C13H22N6O. The maximum atomic E-state index is 9.55. The van der Waals surface area contributed by atoms with Gasteiger partial charge in [-0.15, -0.1) is 0 Å². The normalized spacial score (nSPS) is 20.6. The summed E-state index contributed by atoms with van der Waals surface area (Å²) < 4.78 is 0. The molecule has 0 bridgehead atoms. The van der Waals surface area contributed by atoms with Crippen molar-refractivity contribution in [2.45, 2.75) is 37.6 Å². The van der Waals surface area contributed by atoms with Crippen LogP contribution < -0.4 is 15.5 Å². The molecule has 110 valence electrons. The minimum absolute atomic E-state index is 0.118. The van der Waals surface area contributed by atoms with E-state index < -0.39 is 0 Å². The lowest BCUT2D eigenvalue weighted by atomic mass is 9.77. The lowest BCUT2D eigenvalue weighted by molar-refractivity contribution is 0.143. The molecule has 2 fully saturated rings. The van der Waals surface area contributed by atoms with Crippen LogP contribution in [0.15, 0.2) is 0 Å². The minimum atomic E-state index is -0.241. The third-order valence-electron chi connectivity index (χ3n) is 4.23. The first-order valence-electron chi connectivity index (χ1n) is 7.32. The van der Waals surface area contributed by atoms with Crippen LogP contribution in [0.3, 0.4) is 0 Å². The van der Waals surface area contributed by atoms with E-state index in [1.807, 2.05) is 0 Å². The summed E-state index contributed by atoms with van der Waals surface area (Å²) in [4.78, 5) is 15.5. The third kappa shape index (κ3) is 2.49. The van der Waals surface area contributed by atoms with E-state index in [9.17, 15) is 5.11 Å². The van der Waals surface area contributed by atoms with Crippen molar-refractivity contribution < 1.29 is 5.11 Å². The Hall–Kier alpha value is -1.63. The van der Waals surface area contributed by atoms with Crippen LogP contribution in [0.5, 0.6) is 0 Å². The van der Waals surface area contributed by atoms with Crippen LogP contribution in [0.2, 0.25) is 0 Å². The van der Waals surface area contributed by atoms with Crippen molar-refractivity contribution in [3.8, 4) is 0 Å². The first kappa shape index (κ1) is 13.4. The standard InChI is InChI=1S/C13H22N6O/c1-14-10-15-11(18-13(9-20)5-4-6-13)17-12(16-10)19-7-2-3-8-19/h20H,2-9H2,1H3,(H2,14,15,16,17,18). The van der Waals surface area contributed by atoms with Crippen LogP contribution in [0.25, 0.3) is 0 Å². The average Bonchev–Trinajstić information content (AvgIpc) is 2.96. The van der Waals surface area contributed by atoms with Gasteiger partial charge in [-0.05, 0) is 32.1 Å². The Morgan fingerprint density at radius 2 is 1.80 bits per heavy atom. The van der Waals surface area contributed by atoms with Crippen molar-refractivity contribution >= 4 is 17.8 Å². The monoisotopic (exact) mass is 278 g/mol. The molecule has 0 spiro atoms. The van der Waals surface area contributed by atoms with Crippen LogP contribution in [-0.4, -0.2) is 52.3 Å². The summed E-state index contributed by atoms with van der Waals surface area (Å²) in [7, 11) is 1.80. The number of anilines is 3. The summed E-state index contributed by atoms with van der Waals surface area (Å²) in [5.41, 5.74) is -0.241. The lowest BCUT2D eigenvalue weighted by Crippen LogP contribution is -2.48. The number of hydrogen-bond donors (Lipinski definition) is 3. The molecule has 0 unspecified atom stereocenters. The van der Waals surface area contributed by atoms with Gasteiger partial charge in [-0.3, -0.25) is 0 Å². The van der Waals surface area contributed by atoms with E-state index in [0.29, 0.717) is 11.9 Å². The van der Waals surface area contributed by atoms with Gasteiger partial charge in [-0.25, -0.2) is 0 Å². The van der Waals surface area contributed by atoms with Crippen LogP contribution >= 0.6 is 0 Å². The van der Waals surface area contributed by atoms with E-state index in [1.165, 1.54) is 12.8 Å². The van der Waals surface area contributed by atoms with Crippen LogP contribution in [0, 0.1) is 0 Å². The number of nitrogens with zero attached hydrogens (tertiary/aromatic N) is 4. The summed E-state index contributed by atoms with van der Waals surface area (Å²) in [6, 6.07) is 0. The van der Waals surface area contributed by atoms with Crippen molar-refractivity contribution in [2.24, 2.45) is 0 Å². The highest BCUT2D eigenvalue weighted by atomic mass is 16.3. The smallest absolute Gasteiger partial charge is 0.231 e. The predicted octanol–water partition coefficient (Wildman–Crippen LogP) is 0.840. The van der Waals surface area contributed by atoms with Gasteiger partial charge >= 0.3 is 0 Å². The molecule has 3 N–H and O–H groups in total. The van der Waals surface area contributed by atoms with Crippen molar-refractivity contribution in [3.63, 3.8) is 0 Å². The predicted molar refractivity (Wildman–Crippen MR) is 78.1 cm³/mol. The van der Waals surface area contributed by atoms with Gasteiger partial charge in [-0.2, -0.15) is 15.0 Å². The molecule has 1 saturated carbocycles. The molecule has 1 saturated heterocycles. The number of aromatic nitrogens is 3. The Morgan fingerprint density at radius 1 is 1.10 bits per heavy atom. The minimum Gasteiger partial charge on any atom is -0.394 e. The first-order chi connectivity index (χ1) is 9.74. The van der Waals surface area contributed by atoms with Gasteiger partial charge in [-0.1, -0.05) is 0 Å². The van der Waals surface area contributed by atoms with Crippen LogP contribution in [0.1, 0.15) is 32.1 Å². The fraction of sp³-hybridized carbons (Fsp3) is 0.769. The van der Waals surface area contributed by atoms with E-state index in [4.69, 9.17) is 0 Å². The quantitative estimate of drug-likeness (QED) is 0.735. The summed E-state index contributed by atoms with van der Waals surface area (Å²) >= 11 is 0. The lowest BCUT2D eigenvalue weighted by Gasteiger charge is -2.41. The molecule has 1 aliphatic carbocycles. The Labute approximate surface area is 118 Å². The molecule has 0 aromatic carbocycles. The van der Waals surface area contributed by atoms with E-state index in [2.05, 4.69) is 30.5 Å². The molecule has 7 nitrogen and oxygen atoms in total. The number of aliphatic hydroxyl groups is 1. The van der Waals surface area contributed by atoms with E-state index in [0.717, 1.165) is 38.3 Å². The molecule has 1 aliphatic heterocycles. The highest BCUT2D eigenvalue weighted by Gasteiger charge is 2.37. The molecule has 1 aromatic rings. The summed E-state index contributed by atoms with van der Waals surface area (Å²) in [5, 5.41) is 15.8. The topological polar surface area (TPSA) is 86.2 Å². The van der Waals surface area contributed by atoms with Crippen molar-refractivity contribution in [1.82, 2.24) is 15.0 Å². The zero-order chi connectivity index (χ0) is 14.0. The maximum absolute atomic E-state index is 9.55. The Balaban J connectivity index is 1.83. The molecule has 0 radical (unpaired) electrons. The van der Waals surface area contributed by atoms with Crippen LogP contribution in [-0.2, 0) is 0 Å². The van der Waals surface area contributed by atoms with E-state index in [1.54, 1.807) is 7.05 Å². The number of aliphatic hydroxyl groups excluding tert-OH is 1. The third-order valence-corrected chi connectivity index (χ3v) is 4.23. The van der Waals surface area contributed by atoms with Gasteiger partial charge < -0.3 is 20.6 Å². The summed E-state index contributed by atoms with van der Waals surface area (Å²) in [5.74, 6) is 1.84. The van der Waals surface area contributed by atoms with Crippen molar-refractivity contribution in [2.75, 3.05) is 42.3 Å². The number of hydrogen-bond acceptors (Lipinski definition) is 7. The largest absolute Gasteiger partial charge is 0.394 e. The van der Waals surface area contributed by atoms with Gasteiger partial charge in [0.1, 0.15) is 0 Å². The van der Waals surface area contributed by atoms with Crippen molar-refractivity contribution in [3.05, 3.63) is 0 Å². The SMILES string of the molecule is CNc1nc(NC2(CO)CCC2)nc(N2CCCC2)n1. The molecule has 1 aromatic heterocycles. The highest BCUT2D eigenvalue weighted by Crippen LogP contribution is 2.34. The maximum Gasteiger partial charge on any atom is 0.231 e. The second-order valence-electron chi connectivity index (χ2n) is 5.64. The molecule has 7 heteroatoms. The fourth-order valence-electron chi connectivity index (χ4n) is 2.75. The Bertz CT molecular complexity index is 464. The average molecular weight is 278 g/mol. The fourth-order valence-corrected chi connectivity index (χ4v) is 2.75. The first-order valence-corrected chi connectivity index (χ1v) is 7.32. The van der Waals surface area contributed by atoms with Crippen LogP contribution in [0.4, 0.5) is 17.8 Å². The molecule has 0 amide bonds. The molecule has 2 heterocycles. The van der Waals surface area contributed by atoms with Gasteiger partial charge in [0.05, 0.1) is 12.1 Å². The summed E-state index contributed by atoms with van der Waals surface area (Å²) in [6.07, 6.45) is 5.43. The second-order valence-corrected chi connectivity index (χ2v) is 5.64. The Morgan fingerprint density at radius 3 is 2.35 bits per heavy atom. The second kappa shape index (κ2) is 5.40. The summed E-state index contributed by atoms with van der Waals surface area (Å²) in [6.45, 7) is 2.11. The highest BCUT2D eigenvalue weighted by molar-refractivity contribution is 5.45. The van der Waals surface area contributed by atoms with Gasteiger partial charge in [0, 0.05) is 20.1 Å². The molecule has 20 heavy (non-hydrogen) atoms. The molecule has 2 aliphatic rings. The number of nitrogens with one attached hydrogen (secondary N) is 2. The Kier molecular flexibility index (Phi) is 3.60. The zero-order valence-electron chi connectivity index (χ0n) is 11.9. The molecule has 0 atom stereocenters. The molecular weight excluding hydrogens is 256 g/mol. The van der Waals surface area contributed by atoms with Gasteiger partial charge in [0.2, 0.25) is 17.8 Å². The van der Waals surface area contributed by atoms with Gasteiger partial charge in [0.15, 0.2) is 0 Å². The number of rotatable bonds is 5. The zero-order valence-corrected chi connectivity index (χ0v) is 11.9. The van der Waals surface area contributed by atoms with E-state index in [-0.39, 0.29) is 12.1 Å². The van der Waals surface area contributed by atoms with E-state index >= 15 is 0 Å².